The summed E-state index contributed by atoms with van der Waals surface area (Å²) in [6, 6.07) is 12.9. The summed E-state index contributed by atoms with van der Waals surface area (Å²) in [7, 11) is 0. The standard InChI is InChI=1S/C15H13F2NO2S/c16-15(17)21-13-4-2-1-3-12(13)14(20)18-11-7-5-10(9-19)6-8-11/h1-8,15,19H,9H2,(H,18,20). The van der Waals surface area contributed by atoms with E-state index >= 15 is 0 Å². The van der Waals surface area contributed by atoms with Crippen LogP contribution in [0.25, 0.3) is 0 Å². The lowest BCUT2D eigenvalue weighted by Crippen LogP contribution is -2.13. The molecular weight excluding hydrogens is 296 g/mol. The van der Waals surface area contributed by atoms with Gasteiger partial charge in [-0.15, -0.1) is 0 Å². The van der Waals surface area contributed by atoms with Gasteiger partial charge in [0.15, 0.2) is 0 Å². The van der Waals surface area contributed by atoms with Crippen LogP contribution < -0.4 is 5.32 Å². The number of aliphatic hydroxyl groups is 1. The molecule has 0 aliphatic rings. The Bertz CT molecular complexity index is 617. The van der Waals surface area contributed by atoms with Crippen molar-refractivity contribution in [3.63, 3.8) is 0 Å². The minimum atomic E-state index is -2.58. The van der Waals surface area contributed by atoms with Crippen molar-refractivity contribution in [2.45, 2.75) is 17.3 Å². The fourth-order valence-electron chi connectivity index (χ4n) is 1.74. The van der Waals surface area contributed by atoms with Crippen molar-refractivity contribution >= 4 is 23.4 Å². The molecule has 0 saturated heterocycles. The number of anilines is 1. The molecular formula is C15H13F2NO2S. The number of alkyl halides is 2. The van der Waals surface area contributed by atoms with E-state index in [1.54, 1.807) is 36.4 Å². The summed E-state index contributed by atoms with van der Waals surface area (Å²) in [5, 5.41) is 11.6. The van der Waals surface area contributed by atoms with Crippen LogP contribution in [-0.4, -0.2) is 16.8 Å². The summed E-state index contributed by atoms with van der Waals surface area (Å²) in [6.07, 6.45) is 0. The highest BCUT2D eigenvalue weighted by Crippen LogP contribution is 2.28. The molecule has 0 radical (unpaired) electrons. The number of carbonyl (C=O) groups is 1. The van der Waals surface area contributed by atoms with Gasteiger partial charge in [-0.2, -0.15) is 8.78 Å². The number of rotatable bonds is 5. The zero-order valence-electron chi connectivity index (χ0n) is 10.9. The molecule has 0 aliphatic carbocycles. The van der Waals surface area contributed by atoms with Gasteiger partial charge in [0.25, 0.3) is 11.7 Å². The monoisotopic (exact) mass is 309 g/mol. The average Bonchev–Trinajstić information content (AvgIpc) is 2.48. The third kappa shape index (κ3) is 4.27. The molecule has 2 rings (SSSR count). The smallest absolute Gasteiger partial charge is 0.288 e. The first-order chi connectivity index (χ1) is 10.1. The Labute approximate surface area is 125 Å². The van der Waals surface area contributed by atoms with Gasteiger partial charge in [0.2, 0.25) is 0 Å². The first kappa shape index (κ1) is 15.5. The molecule has 0 spiro atoms. The van der Waals surface area contributed by atoms with Crippen LogP contribution in [0.15, 0.2) is 53.4 Å². The highest BCUT2D eigenvalue weighted by atomic mass is 32.2. The van der Waals surface area contributed by atoms with E-state index < -0.39 is 11.7 Å². The summed E-state index contributed by atoms with van der Waals surface area (Å²) >= 11 is 0.343. The summed E-state index contributed by atoms with van der Waals surface area (Å²) in [5.41, 5.74) is 1.46. The molecule has 2 aromatic carbocycles. The Morgan fingerprint density at radius 1 is 1.14 bits per heavy atom. The topological polar surface area (TPSA) is 49.3 Å². The molecule has 6 heteroatoms. The second-order valence-electron chi connectivity index (χ2n) is 4.18. The molecule has 3 nitrogen and oxygen atoms in total. The number of thioether (sulfide) groups is 1. The minimum absolute atomic E-state index is 0.0813. The second-order valence-corrected chi connectivity index (χ2v) is 5.22. The van der Waals surface area contributed by atoms with Gasteiger partial charge in [-0.05, 0) is 29.8 Å². The number of halogens is 2. The fraction of sp³-hybridized carbons (Fsp3) is 0.133. The predicted octanol–water partition coefficient (Wildman–Crippen LogP) is 3.75. The molecule has 0 unspecified atom stereocenters. The lowest BCUT2D eigenvalue weighted by Gasteiger charge is -2.09. The van der Waals surface area contributed by atoms with Gasteiger partial charge in [-0.3, -0.25) is 4.79 Å². The molecule has 1 amide bonds. The van der Waals surface area contributed by atoms with Gasteiger partial charge >= 0.3 is 0 Å². The molecule has 2 aromatic rings. The maximum absolute atomic E-state index is 12.5. The van der Waals surface area contributed by atoms with E-state index in [4.69, 9.17) is 5.11 Å². The quantitative estimate of drug-likeness (QED) is 0.827. The molecule has 0 saturated carbocycles. The van der Waals surface area contributed by atoms with Crippen LogP contribution in [0, 0.1) is 0 Å². The van der Waals surface area contributed by atoms with E-state index in [1.807, 2.05) is 0 Å². The van der Waals surface area contributed by atoms with Gasteiger partial charge < -0.3 is 10.4 Å². The summed E-state index contributed by atoms with van der Waals surface area (Å²) in [5.74, 6) is -3.03. The maximum Gasteiger partial charge on any atom is 0.288 e. The third-order valence-corrected chi connectivity index (χ3v) is 3.53. The van der Waals surface area contributed by atoms with E-state index in [9.17, 15) is 13.6 Å². The minimum Gasteiger partial charge on any atom is -0.392 e. The summed E-state index contributed by atoms with van der Waals surface area (Å²) in [6.45, 7) is -0.0813. The van der Waals surface area contributed by atoms with Gasteiger partial charge in [0.05, 0.1) is 12.2 Å². The van der Waals surface area contributed by atoms with Crippen LogP contribution in [0.2, 0.25) is 0 Å². The number of benzene rings is 2. The highest BCUT2D eigenvalue weighted by Gasteiger charge is 2.15. The molecule has 0 bridgehead atoms. The van der Waals surface area contributed by atoms with Crippen LogP contribution >= 0.6 is 11.8 Å². The van der Waals surface area contributed by atoms with Crippen molar-refractivity contribution in [3.05, 3.63) is 59.7 Å². The van der Waals surface area contributed by atoms with Crippen LogP contribution in [-0.2, 0) is 6.61 Å². The van der Waals surface area contributed by atoms with E-state index in [2.05, 4.69) is 5.32 Å². The number of hydrogen-bond donors (Lipinski definition) is 2. The van der Waals surface area contributed by atoms with Gasteiger partial charge in [0.1, 0.15) is 0 Å². The molecule has 0 heterocycles. The Hall–Kier alpha value is -1.92. The summed E-state index contributed by atoms with van der Waals surface area (Å²) < 4.78 is 25.0. The van der Waals surface area contributed by atoms with Crippen molar-refractivity contribution in [3.8, 4) is 0 Å². The average molecular weight is 309 g/mol. The normalized spacial score (nSPS) is 10.7. The van der Waals surface area contributed by atoms with Crippen LogP contribution in [0.4, 0.5) is 14.5 Å². The molecule has 0 fully saturated rings. The largest absolute Gasteiger partial charge is 0.392 e. The lowest BCUT2D eigenvalue weighted by atomic mass is 10.2. The van der Waals surface area contributed by atoms with Crippen molar-refractivity contribution in [2.24, 2.45) is 0 Å². The Kier molecular flexibility index (Phi) is 5.30. The third-order valence-electron chi connectivity index (χ3n) is 2.74. The van der Waals surface area contributed by atoms with Gasteiger partial charge in [-0.1, -0.05) is 36.0 Å². The number of hydrogen-bond acceptors (Lipinski definition) is 3. The first-order valence-corrected chi connectivity index (χ1v) is 7.03. The lowest BCUT2D eigenvalue weighted by molar-refractivity contribution is 0.102. The Morgan fingerprint density at radius 3 is 2.43 bits per heavy atom. The number of carbonyl (C=O) groups excluding carboxylic acids is 1. The molecule has 2 N–H and O–H groups in total. The molecule has 21 heavy (non-hydrogen) atoms. The Morgan fingerprint density at radius 2 is 1.81 bits per heavy atom. The van der Waals surface area contributed by atoms with Crippen LogP contribution in [0.5, 0.6) is 0 Å². The van der Waals surface area contributed by atoms with Crippen molar-refractivity contribution in [1.29, 1.82) is 0 Å². The highest BCUT2D eigenvalue weighted by molar-refractivity contribution is 7.99. The first-order valence-electron chi connectivity index (χ1n) is 6.15. The van der Waals surface area contributed by atoms with E-state index in [-0.39, 0.29) is 17.1 Å². The van der Waals surface area contributed by atoms with Crippen molar-refractivity contribution < 1.29 is 18.7 Å². The van der Waals surface area contributed by atoms with Gasteiger partial charge in [-0.25, -0.2) is 0 Å². The second kappa shape index (κ2) is 7.19. The van der Waals surface area contributed by atoms with E-state index in [0.717, 1.165) is 5.56 Å². The maximum atomic E-state index is 12.5. The molecule has 0 atom stereocenters. The van der Waals surface area contributed by atoms with E-state index in [1.165, 1.54) is 12.1 Å². The van der Waals surface area contributed by atoms with Crippen molar-refractivity contribution in [1.82, 2.24) is 0 Å². The van der Waals surface area contributed by atoms with Gasteiger partial charge in [0, 0.05) is 10.6 Å². The van der Waals surface area contributed by atoms with E-state index in [0.29, 0.717) is 17.4 Å². The predicted molar refractivity (Wildman–Crippen MR) is 78.6 cm³/mol. The zero-order chi connectivity index (χ0) is 15.2. The fourth-order valence-corrected chi connectivity index (χ4v) is 2.38. The molecule has 110 valence electrons. The number of aliphatic hydroxyl groups excluding tert-OH is 1. The number of nitrogens with one attached hydrogen (secondary N) is 1. The Balaban J connectivity index is 2.16. The molecule has 0 aliphatic heterocycles. The van der Waals surface area contributed by atoms with Crippen LogP contribution in [0.3, 0.4) is 0 Å². The van der Waals surface area contributed by atoms with Crippen LogP contribution in [0.1, 0.15) is 15.9 Å². The van der Waals surface area contributed by atoms with Crippen molar-refractivity contribution in [2.75, 3.05) is 5.32 Å². The zero-order valence-corrected chi connectivity index (χ0v) is 11.7. The number of amides is 1. The SMILES string of the molecule is O=C(Nc1ccc(CO)cc1)c1ccccc1SC(F)F. The summed E-state index contributed by atoms with van der Waals surface area (Å²) in [4.78, 5) is 12.4. The molecule has 0 aromatic heterocycles.